The van der Waals surface area contributed by atoms with Crippen LogP contribution in [0.2, 0.25) is 0 Å². The summed E-state index contributed by atoms with van der Waals surface area (Å²) in [6, 6.07) is 69.5. The Hall–Kier alpha value is -7.36. The topological polar surface area (TPSA) is 35.0 Å². The zero-order valence-electron chi connectivity index (χ0n) is 30.3. The van der Waals surface area contributed by atoms with Crippen molar-refractivity contribution in [3.63, 3.8) is 0 Å². The summed E-state index contributed by atoms with van der Waals surface area (Å²) in [5.41, 5.74) is 12.7. The number of para-hydroxylation sites is 1. The minimum atomic E-state index is -0.705. The molecule has 3 nitrogen and oxygen atoms in total. The minimum absolute atomic E-state index is 0.699. The quantitative estimate of drug-likeness (QED) is 0.183. The van der Waals surface area contributed by atoms with Crippen LogP contribution in [0.15, 0.2) is 194 Å². The summed E-state index contributed by atoms with van der Waals surface area (Å²) >= 11 is 0. The van der Waals surface area contributed by atoms with Gasteiger partial charge in [-0.05, 0) is 50.2 Å². The van der Waals surface area contributed by atoms with Gasteiger partial charge in [-0.1, -0.05) is 188 Å². The van der Waals surface area contributed by atoms with Gasteiger partial charge in [0.2, 0.25) is 0 Å². The third-order valence-corrected chi connectivity index (χ3v) is 11.9. The van der Waals surface area contributed by atoms with Crippen molar-refractivity contribution in [2.45, 2.75) is 5.41 Å². The summed E-state index contributed by atoms with van der Waals surface area (Å²) in [7, 11) is 0. The van der Waals surface area contributed by atoms with E-state index in [0.29, 0.717) is 5.82 Å². The maximum Gasteiger partial charge on any atom is 0.160 e. The van der Waals surface area contributed by atoms with Crippen LogP contribution in [0.1, 0.15) is 22.3 Å². The third kappa shape index (κ3) is 4.28. The molecule has 56 heavy (non-hydrogen) atoms. The van der Waals surface area contributed by atoms with E-state index in [9.17, 15) is 0 Å². The molecule has 0 amide bonds. The van der Waals surface area contributed by atoms with Crippen LogP contribution in [-0.2, 0) is 5.41 Å². The average molecular weight is 713 g/mol. The first-order valence-corrected chi connectivity index (χ1v) is 19.2. The summed E-state index contributed by atoms with van der Waals surface area (Å²) in [5.74, 6) is 2.50. The van der Waals surface area contributed by atoms with Gasteiger partial charge in [0, 0.05) is 38.4 Å². The lowest BCUT2D eigenvalue weighted by Crippen LogP contribution is -2.33. The molecule has 0 unspecified atom stereocenters. The van der Waals surface area contributed by atoms with Crippen molar-refractivity contribution in [3.05, 3.63) is 216 Å². The number of hydrogen-bond acceptors (Lipinski definition) is 3. The van der Waals surface area contributed by atoms with Crippen molar-refractivity contribution in [2.75, 3.05) is 0 Å². The fourth-order valence-corrected chi connectivity index (χ4v) is 9.51. The van der Waals surface area contributed by atoms with Crippen LogP contribution < -0.4 is 4.74 Å². The Balaban J connectivity index is 1.19. The van der Waals surface area contributed by atoms with Crippen LogP contribution in [0.4, 0.5) is 0 Å². The van der Waals surface area contributed by atoms with Crippen LogP contribution in [-0.4, -0.2) is 9.97 Å². The Kier molecular flexibility index (Phi) is 6.55. The van der Waals surface area contributed by atoms with Crippen molar-refractivity contribution < 1.29 is 4.74 Å². The maximum atomic E-state index is 7.23. The molecule has 9 aromatic carbocycles. The number of rotatable bonds is 3. The van der Waals surface area contributed by atoms with Gasteiger partial charge in [-0.15, -0.1) is 0 Å². The van der Waals surface area contributed by atoms with Crippen molar-refractivity contribution >= 4 is 32.4 Å². The lowest BCUT2D eigenvalue weighted by Gasteiger charge is -2.41. The highest BCUT2D eigenvalue weighted by Crippen LogP contribution is 2.65. The number of nitrogens with zero attached hydrogens (tertiary/aromatic N) is 2. The smallest absolute Gasteiger partial charge is 0.160 e. The molecular weight excluding hydrogens is 681 g/mol. The summed E-state index contributed by atoms with van der Waals surface area (Å²) in [6.45, 7) is 0. The first-order valence-electron chi connectivity index (χ1n) is 19.2. The number of benzene rings is 9. The fraction of sp³-hybridized carbons (Fsp3) is 0.0189. The molecule has 10 aromatic rings. The predicted molar refractivity (Wildman–Crippen MR) is 228 cm³/mol. The Morgan fingerprint density at radius 1 is 0.357 bits per heavy atom. The van der Waals surface area contributed by atoms with Crippen molar-refractivity contribution in [3.8, 4) is 56.4 Å². The summed E-state index contributed by atoms with van der Waals surface area (Å²) < 4.78 is 7.23. The van der Waals surface area contributed by atoms with E-state index < -0.39 is 5.41 Å². The van der Waals surface area contributed by atoms with E-state index in [1.807, 2.05) is 6.07 Å². The van der Waals surface area contributed by atoms with Gasteiger partial charge < -0.3 is 4.74 Å². The van der Waals surface area contributed by atoms with E-state index in [4.69, 9.17) is 14.7 Å². The van der Waals surface area contributed by atoms with E-state index in [-0.39, 0.29) is 0 Å². The van der Waals surface area contributed by atoms with E-state index in [2.05, 4.69) is 188 Å². The lowest BCUT2D eigenvalue weighted by molar-refractivity contribution is 0.447. The number of aromatic nitrogens is 2. The molecule has 0 fully saturated rings. The molecule has 2 heterocycles. The highest BCUT2D eigenvalue weighted by atomic mass is 16.5. The van der Waals surface area contributed by atoms with Crippen LogP contribution in [0.3, 0.4) is 0 Å². The summed E-state index contributed by atoms with van der Waals surface area (Å²) in [5, 5.41) is 5.51. The Labute approximate surface area is 324 Å². The van der Waals surface area contributed by atoms with Crippen molar-refractivity contribution in [1.82, 2.24) is 9.97 Å². The second-order valence-electron chi connectivity index (χ2n) is 14.8. The third-order valence-electron chi connectivity index (χ3n) is 11.9. The normalized spacial score (nSPS) is 13.3. The van der Waals surface area contributed by atoms with Crippen LogP contribution in [0.5, 0.6) is 11.5 Å². The Bertz CT molecular complexity index is 3140. The lowest BCUT2D eigenvalue weighted by atomic mass is 9.64. The van der Waals surface area contributed by atoms with Gasteiger partial charge in [0.1, 0.15) is 11.5 Å². The van der Waals surface area contributed by atoms with E-state index in [1.165, 1.54) is 27.8 Å². The molecule has 0 saturated heterocycles. The number of ether oxygens (including phenoxy) is 1. The SMILES string of the molecule is c1ccc(-c2ccc(-c3nc(-c4cccc5c4C4(c6ccccc6-5)c5ccc6ccccc6c5Oc5c4ccc4ccccc54)c4ccccc4n3)cc2)cc1. The standard InChI is InChI=1S/C53H32N2O/c1-2-13-33(14-3-1)34-25-27-37(28-26-34)52-54-47-24-11-9-20-42(47)49(55-52)43-22-12-21-41-40-19-8-10-23-44(40)53(48(41)43)45-31-29-35-15-4-6-17-38(35)50(45)56-51-39-18-7-5-16-36(39)30-32-46(51)53/h1-32H. The second kappa shape index (κ2) is 11.8. The van der Waals surface area contributed by atoms with Gasteiger partial charge in [-0.3, -0.25) is 0 Å². The predicted octanol–water partition coefficient (Wildman–Crippen LogP) is 13.4. The molecule has 12 rings (SSSR count). The Morgan fingerprint density at radius 2 is 0.911 bits per heavy atom. The van der Waals surface area contributed by atoms with Crippen LogP contribution in [0, 0.1) is 0 Å². The van der Waals surface area contributed by atoms with Crippen molar-refractivity contribution in [2.24, 2.45) is 0 Å². The highest BCUT2D eigenvalue weighted by Gasteiger charge is 2.53. The molecule has 260 valence electrons. The molecule has 2 aliphatic rings. The molecule has 0 bridgehead atoms. The number of fused-ring (bicyclic) bond motifs is 14. The first kappa shape index (κ1) is 31.0. The zero-order chi connectivity index (χ0) is 36.8. The monoisotopic (exact) mass is 712 g/mol. The molecule has 0 radical (unpaired) electrons. The molecule has 1 aromatic heterocycles. The van der Waals surface area contributed by atoms with Gasteiger partial charge in [0.05, 0.1) is 16.6 Å². The highest BCUT2D eigenvalue weighted by molar-refractivity contribution is 6.03. The van der Waals surface area contributed by atoms with Gasteiger partial charge >= 0.3 is 0 Å². The molecule has 3 heteroatoms. The zero-order valence-corrected chi connectivity index (χ0v) is 30.3. The maximum absolute atomic E-state index is 7.23. The largest absolute Gasteiger partial charge is 0.455 e. The van der Waals surface area contributed by atoms with E-state index in [0.717, 1.165) is 77.5 Å². The molecular formula is C53H32N2O. The molecule has 0 saturated carbocycles. The first-order chi connectivity index (χ1) is 27.8. The van der Waals surface area contributed by atoms with E-state index in [1.54, 1.807) is 0 Å². The van der Waals surface area contributed by atoms with Gasteiger partial charge in [0.25, 0.3) is 0 Å². The molecule has 1 aliphatic heterocycles. The number of hydrogen-bond donors (Lipinski definition) is 0. The molecule has 0 atom stereocenters. The minimum Gasteiger partial charge on any atom is -0.455 e. The van der Waals surface area contributed by atoms with Gasteiger partial charge in [0.15, 0.2) is 5.82 Å². The fourth-order valence-electron chi connectivity index (χ4n) is 9.51. The van der Waals surface area contributed by atoms with Crippen LogP contribution >= 0.6 is 0 Å². The Morgan fingerprint density at radius 3 is 1.64 bits per heavy atom. The summed E-state index contributed by atoms with van der Waals surface area (Å²) in [6.07, 6.45) is 0. The van der Waals surface area contributed by atoms with E-state index >= 15 is 0 Å². The van der Waals surface area contributed by atoms with Gasteiger partial charge in [-0.25, -0.2) is 9.97 Å². The van der Waals surface area contributed by atoms with Crippen molar-refractivity contribution in [1.29, 1.82) is 0 Å². The van der Waals surface area contributed by atoms with Crippen LogP contribution in [0.25, 0.3) is 77.3 Å². The molecule has 1 aliphatic carbocycles. The molecule has 0 N–H and O–H groups in total. The average Bonchev–Trinajstić information content (AvgIpc) is 3.57. The van der Waals surface area contributed by atoms with Gasteiger partial charge in [-0.2, -0.15) is 0 Å². The second-order valence-corrected chi connectivity index (χ2v) is 14.8. The summed E-state index contributed by atoms with van der Waals surface area (Å²) in [4.78, 5) is 10.7. The molecule has 1 spiro atoms.